The average molecular weight is 239 g/mol. The maximum atomic E-state index is 11.9. The van der Waals surface area contributed by atoms with Crippen molar-refractivity contribution in [3.8, 4) is 5.88 Å². The normalized spacial score (nSPS) is 10.8. The van der Waals surface area contributed by atoms with Crippen LogP contribution < -0.4 is 15.6 Å². The van der Waals surface area contributed by atoms with Crippen LogP contribution in [0, 0.1) is 5.92 Å². The lowest BCUT2D eigenvalue weighted by molar-refractivity contribution is 0.294. The summed E-state index contributed by atoms with van der Waals surface area (Å²) in [7, 11) is 0. The van der Waals surface area contributed by atoms with Gasteiger partial charge in [0.25, 0.3) is 5.88 Å². The highest BCUT2D eigenvalue weighted by Gasteiger charge is 2.06. The first kappa shape index (κ1) is 13.7. The monoisotopic (exact) mass is 239 g/mol. The molecule has 5 nitrogen and oxygen atoms in total. The van der Waals surface area contributed by atoms with Gasteiger partial charge in [-0.3, -0.25) is 4.79 Å². The van der Waals surface area contributed by atoms with Crippen molar-refractivity contribution in [1.82, 2.24) is 14.9 Å². The Kier molecular flexibility index (Phi) is 5.69. The van der Waals surface area contributed by atoms with Crippen molar-refractivity contribution in [2.24, 2.45) is 5.92 Å². The van der Waals surface area contributed by atoms with Crippen LogP contribution >= 0.6 is 0 Å². The summed E-state index contributed by atoms with van der Waals surface area (Å²) in [6.45, 7) is 8.92. The van der Waals surface area contributed by atoms with Crippen LogP contribution in [0.25, 0.3) is 0 Å². The van der Waals surface area contributed by atoms with Crippen LogP contribution in [0.1, 0.15) is 20.8 Å². The van der Waals surface area contributed by atoms with E-state index in [0.29, 0.717) is 19.1 Å². The molecular formula is C12H21N3O2. The number of nitrogens with zero attached hydrogens (tertiary/aromatic N) is 2. The van der Waals surface area contributed by atoms with E-state index < -0.39 is 0 Å². The van der Waals surface area contributed by atoms with E-state index in [4.69, 9.17) is 4.74 Å². The molecule has 0 bridgehead atoms. The quantitative estimate of drug-likeness (QED) is 0.718. The molecule has 1 heterocycles. The number of ether oxygens (including phenoxy) is 1. The second kappa shape index (κ2) is 7.06. The Bertz CT molecular complexity index is 388. The molecular weight excluding hydrogens is 218 g/mol. The zero-order chi connectivity index (χ0) is 12.7. The van der Waals surface area contributed by atoms with E-state index in [-0.39, 0.29) is 11.4 Å². The molecule has 5 heteroatoms. The number of rotatable bonds is 7. The number of likely N-dealkylation sites (N-methyl/N-ethyl adjacent to an activating group) is 1. The van der Waals surface area contributed by atoms with Gasteiger partial charge in [-0.25, -0.2) is 4.98 Å². The highest BCUT2D eigenvalue weighted by molar-refractivity contribution is 5.04. The molecule has 0 fully saturated rings. The molecule has 0 atom stereocenters. The van der Waals surface area contributed by atoms with Crippen LogP contribution in [-0.4, -0.2) is 29.2 Å². The summed E-state index contributed by atoms with van der Waals surface area (Å²) in [6, 6.07) is 0. The molecule has 96 valence electrons. The van der Waals surface area contributed by atoms with Gasteiger partial charge in [0.1, 0.15) is 6.61 Å². The van der Waals surface area contributed by atoms with Crippen LogP contribution in [0.3, 0.4) is 0 Å². The maximum Gasteiger partial charge on any atom is 0.313 e. The van der Waals surface area contributed by atoms with Crippen LogP contribution in [0.15, 0.2) is 17.2 Å². The zero-order valence-electron chi connectivity index (χ0n) is 10.8. The topological polar surface area (TPSA) is 56.1 Å². The summed E-state index contributed by atoms with van der Waals surface area (Å²) < 4.78 is 6.99. The lowest BCUT2D eigenvalue weighted by Crippen LogP contribution is -2.27. The van der Waals surface area contributed by atoms with E-state index in [9.17, 15) is 4.79 Å². The first-order valence-electron chi connectivity index (χ1n) is 6.04. The Morgan fingerprint density at radius 2 is 2.29 bits per heavy atom. The Labute approximate surface area is 102 Å². The third-order valence-corrected chi connectivity index (χ3v) is 2.21. The van der Waals surface area contributed by atoms with E-state index >= 15 is 0 Å². The summed E-state index contributed by atoms with van der Waals surface area (Å²) >= 11 is 0. The fourth-order valence-corrected chi connectivity index (χ4v) is 1.46. The fourth-order valence-electron chi connectivity index (χ4n) is 1.46. The molecule has 1 aromatic rings. The summed E-state index contributed by atoms with van der Waals surface area (Å²) in [4.78, 5) is 15.9. The molecule has 0 aromatic carbocycles. The summed E-state index contributed by atoms with van der Waals surface area (Å²) in [5.41, 5.74) is -0.155. The Morgan fingerprint density at radius 1 is 1.53 bits per heavy atom. The highest BCUT2D eigenvalue weighted by Crippen LogP contribution is 1.99. The molecule has 0 unspecified atom stereocenters. The predicted octanol–water partition coefficient (Wildman–Crippen LogP) is 0.888. The van der Waals surface area contributed by atoms with Crippen molar-refractivity contribution in [3.05, 3.63) is 22.7 Å². The number of aromatic nitrogens is 2. The molecule has 1 aromatic heterocycles. The zero-order valence-corrected chi connectivity index (χ0v) is 10.8. The van der Waals surface area contributed by atoms with Crippen LogP contribution in [0.2, 0.25) is 0 Å². The van der Waals surface area contributed by atoms with E-state index in [1.807, 2.05) is 6.92 Å². The standard InChI is InChI=1S/C12H21N3O2/c1-4-13-6-8-17-11-12(16)15(7-5-14-11)9-10(2)3/h5,7,10,13H,4,6,8-9H2,1-3H3. The Balaban J connectivity index is 2.63. The summed E-state index contributed by atoms with van der Waals surface area (Å²) in [6.07, 6.45) is 3.30. The SMILES string of the molecule is CCNCCOc1nccn(CC(C)C)c1=O. The molecule has 17 heavy (non-hydrogen) atoms. The average Bonchev–Trinajstić information content (AvgIpc) is 2.28. The molecule has 0 radical (unpaired) electrons. The first-order valence-corrected chi connectivity index (χ1v) is 6.04. The molecule has 0 aliphatic carbocycles. The van der Waals surface area contributed by atoms with Gasteiger partial charge in [-0.05, 0) is 12.5 Å². The second-order valence-electron chi connectivity index (χ2n) is 4.29. The maximum absolute atomic E-state index is 11.9. The van der Waals surface area contributed by atoms with Crippen molar-refractivity contribution in [3.63, 3.8) is 0 Å². The lowest BCUT2D eigenvalue weighted by atomic mass is 10.2. The first-order chi connectivity index (χ1) is 8.15. The van der Waals surface area contributed by atoms with Crippen LogP contribution in [0.4, 0.5) is 0 Å². The van der Waals surface area contributed by atoms with E-state index in [1.54, 1.807) is 17.0 Å². The largest absolute Gasteiger partial charge is 0.472 e. The third kappa shape index (κ3) is 4.56. The van der Waals surface area contributed by atoms with Gasteiger partial charge in [0.15, 0.2) is 0 Å². The van der Waals surface area contributed by atoms with Gasteiger partial charge in [0.05, 0.1) is 0 Å². The number of nitrogens with one attached hydrogen (secondary N) is 1. The van der Waals surface area contributed by atoms with Crippen LogP contribution in [-0.2, 0) is 6.54 Å². The van der Waals surface area contributed by atoms with E-state index in [1.165, 1.54) is 0 Å². The van der Waals surface area contributed by atoms with Crippen molar-refractivity contribution >= 4 is 0 Å². The van der Waals surface area contributed by atoms with Crippen molar-refractivity contribution in [1.29, 1.82) is 0 Å². The predicted molar refractivity (Wildman–Crippen MR) is 67.4 cm³/mol. The minimum Gasteiger partial charge on any atom is -0.472 e. The van der Waals surface area contributed by atoms with Gasteiger partial charge in [-0.1, -0.05) is 20.8 Å². The second-order valence-corrected chi connectivity index (χ2v) is 4.29. The fraction of sp³-hybridized carbons (Fsp3) is 0.667. The van der Waals surface area contributed by atoms with E-state index in [0.717, 1.165) is 13.1 Å². The molecule has 0 spiro atoms. The molecule has 1 rings (SSSR count). The lowest BCUT2D eigenvalue weighted by Gasteiger charge is -2.10. The van der Waals surface area contributed by atoms with Crippen molar-refractivity contribution in [2.75, 3.05) is 19.7 Å². The van der Waals surface area contributed by atoms with Gasteiger partial charge in [-0.2, -0.15) is 0 Å². The van der Waals surface area contributed by atoms with Crippen molar-refractivity contribution < 1.29 is 4.74 Å². The summed E-state index contributed by atoms with van der Waals surface area (Å²) in [5, 5.41) is 3.12. The minimum absolute atomic E-state index is 0.155. The molecule has 0 aliphatic rings. The van der Waals surface area contributed by atoms with Crippen LogP contribution in [0.5, 0.6) is 5.88 Å². The van der Waals surface area contributed by atoms with Gasteiger partial charge in [0.2, 0.25) is 0 Å². The summed E-state index contributed by atoms with van der Waals surface area (Å²) in [5.74, 6) is 0.607. The molecule has 1 N–H and O–H groups in total. The molecule has 0 aliphatic heterocycles. The Hall–Kier alpha value is -1.36. The number of hydrogen-bond donors (Lipinski definition) is 1. The van der Waals surface area contributed by atoms with Gasteiger partial charge in [-0.15, -0.1) is 0 Å². The van der Waals surface area contributed by atoms with Gasteiger partial charge in [0, 0.05) is 25.5 Å². The molecule has 0 amide bonds. The third-order valence-electron chi connectivity index (χ3n) is 2.21. The van der Waals surface area contributed by atoms with E-state index in [2.05, 4.69) is 24.1 Å². The van der Waals surface area contributed by atoms with Gasteiger partial charge >= 0.3 is 5.56 Å². The van der Waals surface area contributed by atoms with Gasteiger partial charge < -0.3 is 14.6 Å². The minimum atomic E-state index is -0.155. The smallest absolute Gasteiger partial charge is 0.313 e. The molecule has 0 saturated heterocycles. The number of hydrogen-bond acceptors (Lipinski definition) is 4. The highest BCUT2D eigenvalue weighted by atomic mass is 16.5. The Morgan fingerprint density at radius 3 is 2.94 bits per heavy atom. The van der Waals surface area contributed by atoms with Crippen molar-refractivity contribution in [2.45, 2.75) is 27.3 Å². The molecule has 0 saturated carbocycles.